The molecule has 0 radical (unpaired) electrons. The third-order valence-electron chi connectivity index (χ3n) is 7.05. The van der Waals surface area contributed by atoms with Crippen LogP contribution < -0.4 is 0 Å². The SMILES string of the molecule is CCC[C@H]1CC[C@H](CC[C@H]2CC[C@H](C=CC#Cc3ccc(Br)cc3)CC2)CC1. The zero-order valence-corrected chi connectivity index (χ0v) is 19.2. The molecule has 2 aliphatic rings. The van der Waals surface area contributed by atoms with Crippen molar-refractivity contribution in [3.8, 4) is 11.8 Å². The number of hydrogen-bond donors (Lipinski definition) is 0. The van der Waals surface area contributed by atoms with Gasteiger partial charge in [-0.2, -0.15) is 0 Å². The van der Waals surface area contributed by atoms with Gasteiger partial charge in [0.05, 0.1) is 0 Å². The normalized spacial score (nSPS) is 28.1. The quantitative estimate of drug-likeness (QED) is 0.388. The molecule has 2 saturated carbocycles. The Morgan fingerprint density at radius 2 is 1.36 bits per heavy atom. The van der Waals surface area contributed by atoms with Crippen LogP contribution in [0.1, 0.15) is 89.5 Å². The van der Waals surface area contributed by atoms with E-state index in [0.29, 0.717) is 0 Å². The minimum absolute atomic E-state index is 0.750. The first-order valence-corrected chi connectivity index (χ1v) is 12.5. The van der Waals surface area contributed by atoms with Gasteiger partial charge in [-0.25, -0.2) is 0 Å². The van der Waals surface area contributed by atoms with E-state index in [4.69, 9.17) is 0 Å². The van der Waals surface area contributed by atoms with Crippen LogP contribution in [-0.4, -0.2) is 0 Å². The number of rotatable bonds is 6. The summed E-state index contributed by atoms with van der Waals surface area (Å²) < 4.78 is 1.11. The maximum atomic E-state index is 3.46. The van der Waals surface area contributed by atoms with Crippen molar-refractivity contribution in [3.63, 3.8) is 0 Å². The summed E-state index contributed by atoms with van der Waals surface area (Å²) in [6, 6.07) is 8.22. The van der Waals surface area contributed by atoms with Gasteiger partial charge in [0.2, 0.25) is 0 Å². The van der Waals surface area contributed by atoms with E-state index in [0.717, 1.165) is 33.7 Å². The molecule has 0 unspecified atom stereocenters. The average molecular weight is 441 g/mol. The van der Waals surface area contributed by atoms with E-state index in [9.17, 15) is 0 Å². The molecular weight excluding hydrogens is 404 g/mol. The molecule has 0 nitrogen and oxygen atoms in total. The van der Waals surface area contributed by atoms with Crippen LogP contribution in [0, 0.1) is 35.5 Å². The Labute approximate surface area is 181 Å². The molecule has 0 heterocycles. The lowest BCUT2D eigenvalue weighted by molar-refractivity contribution is 0.221. The van der Waals surface area contributed by atoms with Crippen molar-refractivity contribution >= 4 is 15.9 Å². The maximum Gasteiger partial charge on any atom is 0.0249 e. The van der Waals surface area contributed by atoms with E-state index in [1.807, 2.05) is 12.1 Å². The molecule has 2 aliphatic carbocycles. The second-order valence-corrected chi connectivity index (χ2v) is 10.1. The first kappa shape index (κ1) is 21.7. The lowest BCUT2D eigenvalue weighted by Crippen LogP contribution is -2.17. The lowest BCUT2D eigenvalue weighted by Gasteiger charge is -2.31. The lowest BCUT2D eigenvalue weighted by atomic mass is 9.75. The van der Waals surface area contributed by atoms with Crippen LogP contribution in [0.2, 0.25) is 0 Å². The van der Waals surface area contributed by atoms with Crippen LogP contribution in [0.25, 0.3) is 0 Å². The van der Waals surface area contributed by atoms with Crippen molar-refractivity contribution < 1.29 is 0 Å². The zero-order chi connectivity index (χ0) is 19.6. The molecule has 0 aromatic heterocycles. The molecule has 1 heteroatoms. The van der Waals surface area contributed by atoms with Crippen molar-refractivity contribution in [2.75, 3.05) is 0 Å². The second-order valence-electron chi connectivity index (χ2n) is 9.17. The van der Waals surface area contributed by atoms with Crippen molar-refractivity contribution in [2.24, 2.45) is 23.7 Å². The summed E-state index contributed by atoms with van der Waals surface area (Å²) in [6.45, 7) is 2.34. The predicted octanol–water partition coefficient (Wildman–Crippen LogP) is 8.55. The average Bonchev–Trinajstić information content (AvgIpc) is 2.73. The van der Waals surface area contributed by atoms with E-state index in [1.54, 1.807) is 0 Å². The smallest absolute Gasteiger partial charge is 0.0249 e. The van der Waals surface area contributed by atoms with Gasteiger partial charge in [0.15, 0.2) is 0 Å². The van der Waals surface area contributed by atoms with E-state index < -0.39 is 0 Å². The molecule has 0 spiro atoms. The molecule has 0 N–H and O–H groups in total. The van der Waals surface area contributed by atoms with Crippen LogP contribution in [0.5, 0.6) is 0 Å². The summed E-state index contributed by atoms with van der Waals surface area (Å²) >= 11 is 3.46. The Balaban J connectivity index is 1.31. The van der Waals surface area contributed by atoms with Gasteiger partial charge in [-0.15, -0.1) is 0 Å². The largest absolute Gasteiger partial charge is 0.0730 e. The van der Waals surface area contributed by atoms with E-state index >= 15 is 0 Å². The Morgan fingerprint density at radius 1 is 0.821 bits per heavy atom. The highest BCUT2D eigenvalue weighted by molar-refractivity contribution is 9.10. The van der Waals surface area contributed by atoms with Crippen LogP contribution in [-0.2, 0) is 0 Å². The van der Waals surface area contributed by atoms with E-state index in [2.05, 4.69) is 59.0 Å². The molecule has 0 aliphatic heterocycles. The second kappa shape index (κ2) is 11.9. The van der Waals surface area contributed by atoms with Gasteiger partial charge >= 0.3 is 0 Å². The molecule has 0 bridgehead atoms. The van der Waals surface area contributed by atoms with E-state index in [1.165, 1.54) is 77.0 Å². The molecule has 1 aromatic carbocycles. The summed E-state index contributed by atoms with van der Waals surface area (Å²) in [4.78, 5) is 0. The molecule has 3 rings (SSSR count). The fourth-order valence-electron chi connectivity index (χ4n) is 5.20. The predicted molar refractivity (Wildman–Crippen MR) is 125 cm³/mol. The highest BCUT2D eigenvalue weighted by Crippen LogP contribution is 2.37. The molecule has 0 amide bonds. The van der Waals surface area contributed by atoms with E-state index in [-0.39, 0.29) is 0 Å². The third kappa shape index (κ3) is 7.44. The minimum atomic E-state index is 0.750. The summed E-state index contributed by atoms with van der Waals surface area (Å²) in [5.74, 6) is 10.3. The number of benzene rings is 1. The van der Waals surface area contributed by atoms with Gasteiger partial charge in [-0.1, -0.05) is 92.1 Å². The standard InChI is InChI=1S/C27H37Br/c1-2-5-22-8-12-25(13-9-22)16-17-26-14-10-23(11-15-26)6-3-4-7-24-18-20-27(28)21-19-24/h3,6,18-23,25-26H,2,5,8-17H2,1H3/t22-,23-,25-,26-. The number of hydrogen-bond acceptors (Lipinski definition) is 0. The van der Waals surface area contributed by atoms with Crippen LogP contribution in [0.4, 0.5) is 0 Å². The number of halogens is 1. The molecule has 0 atom stereocenters. The Morgan fingerprint density at radius 3 is 1.93 bits per heavy atom. The Hall–Kier alpha value is -1.000. The van der Waals surface area contributed by atoms with Crippen LogP contribution >= 0.6 is 15.9 Å². The zero-order valence-electron chi connectivity index (χ0n) is 17.6. The van der Waals surface area contributed by atoms with Gasteiger partial charge in [-0.05, 0) is 79.7 Å². The number of allylic oxidation sites excluding steroid dienone is 2. The molecule has 1 aromatic rings. The van der Waals surface area contributed by atoms with Gasteiger partial charge in [0.25, 0.3) is 0 Å². The Bertz CT molecular complexity index is 644. The first-order chi connectivity index (χ1) is 13.7. The van der Waals surface area contributed by atoms with Crippen molar-refractivity contribution in [1.29, 1.82) is 0 Å². The molecule has 0 saturated heterocycles. The Kier molecular flexibility index (Phi) is 9.20. The van der Waals surface area contributed by atoms with Gasteiger partial charge < -0.3 is 0 Å². The highest BCUT2D eigenvalue weighted by Gasteiger charge is 2.23. The van der Waals surface area contributed by atoms with Crippen LogP contribution in [0.15, 0.2) is 40.9 Å². The highest BCUT2D eigenvalue weighted by atomic mass is 79.9. The molecule has 152 valence electrons. The topological polar surface area (TPSA) is 0 Å². The summed E-state index contributed by atoms with van der Waals surface area (Å²) in [5, 5.41) is 0. The monoisotopic (exact) mass is 440 g/mol. The van der Waals surface area contributed by atoms with Crippen molar-refractivity contribution in [1.82, 2.24) is 0 Å². The van der Waals surface area contributed by atoms with Crippen LogP contribution in [0.3, 0.4) is 0 Å². The minimum Gasteiger partial charge on any atom is -0.0730 e. The molecule has 28 heavy (non-hydrogen) atoms. The fourth-order valence-corrected chi connectivity index (χ4v) is 5.46. The maximum absolute atomic E-state index is 3.46. The van der Waals surface area contributed by atoms with Crippen molar-refractivity contribution in [2.45, 2.75) is 84.0 Å². The summed E-state index contributed by atoms with van der Waals surface area (Å²) in [7, 11) is 0. The van der Waals surface area contributed by atoms with Gasteiger partial charge in [-0.3, -0.25) is 0 Å². The first-order valence-electron chi connectivity index (χ1n) is 11.7. The van der Waals surface area contributed by atoms with Gasteiger partial charge in [0, 0.05) is 10.0 Å². The molecule has 2 fully saturated rings. The summed E-state index contributed by atoms with van der Waals surface area (Å²) in [6.07, 6.45) is 21.9. The van der Waals surface area contributed by atoms with Gasteiger partial charge in [0.1, 0.15) is 0 Å². The van der Waals surface area contributed by atoms with Crippen molar-refractivity contribution in [3.05, 3.63) is 46.5 Å². The third-order valence-corrected chi connectivity index (χ3v) is 7.58. The fraction of sp³-hybridized carbons (Fsp3) is 0.630. The molecular formula is C27H37Br. The summed E-state index contributed by atoms with van der Waals surface area (Å²) in [5.41, 5.74) is 1.08.